The lowest BCUT2D eigenvalue weighted by molar-refractivity contribution is 0.101. The quantitative estimate of drug-likeness (QED) is 0.685. The Morgan fingerprint density at radius 1 is 1.12 bits per heavy atom. The number of para-hydroxylation sites is 1. The third-order valence-corrected chi connectivity index (χ3v) is 5.52. The largest absolute Gasteiger partial charge is 0.461 e. The van der Waals surface area contributed by atoms with Gasteiger partial charge in [-0.25, -0.2) is 13.1 Å². The Balaban J connectivity index is 1.72. The molecular formula is C19H19NO4S. The zero-order valence-electron chi connectivity index (χ0n) is 14.0. The van der Waals surface area contributed by atoms with Crippen LogP contribution in [0.5, 0.6) is 0 Å². The lowest BCUT2D eigenvalue weighted by Crippen LogP contribution is -2.34. The summed E-state index contributed by atoms with van der Waals surface area (Å²) in [7, 11) is -3.66. The average molecular weight is 357 g/mol. The molecule has 1 N–H and O–H groups in total. The lowest BCUT2D eigenvalue weighted by Gasteiger charge is -2.13. The molecule has 1 aromatic heterocycles. The van der Waals surface area contributed by atoms with Crippen molar-refractivity contribution in [2.75, 3.05) is 0 Å². The van der Waals surface area contributed by atoms with Gasteiger partial charge in [-0.15, -0.1) is 0 Å². The Morgan fingerprint density at radius 2 is 1.80 bits per heavy atom. The van der Waals surface area contributed by atoms with Crippen LogP contribution in [0.25, 0.3) is 11.0 Å². The van der Waals surface area contributed by atoms with Gasteiger partial charge in [0.1, 0.15) is 11.3 Å². The molecule has 0 aliphatic heterocycles. The van der Waals surface area contributed by atoms with Gasteiger partial charge in [-0.2, -0.15) is 0 Å². The average Bonchev–Trinajstić information content (AvgIpc) is 2.96. The fourth-order valence-electron chi connectivity index (χ4n) is 2.68. The molecule has 0 radical (unpaired) electrons. The molecule has 0 fully saturated rings. The number of carbonyl (C=O) groups excluding carboxylic acids is 1. The molecule has 0 aliphatic carbocycles. The fraction of sp³-hybridized carbons (Fsp3) is 0.211. The van der Waals surface area contributed by atoms with Crippen molar-refractivity contribution in [2.45, 2.75) is 31.2 Å². The van der Waals surface area contributed by atoms with Crippen molar-refractivity contribution in [3.8, 4) is 0 Å². The van der Waals surface area contributed by atoms with Gasteiger partial charge in [-0.3, -0.25) is 4.79 Å². The number of rotatable bonds is 6. The fourth-order valence-corrected chi connectivity index (χ4v) is 3.93. The van der Waals surface area contributed by atoms with Crippen molar-refractivity contribution in [1.29, 1.82) is 0 Å². The highest BCUT2D eigenvalue weighted by molar-refractivity contribution is 7.89. The summed E-state index contributed by atoms with van der Waals surface area (Å²) >= 11 is 0. The molecule has 1 atom stereocenters. The standard InChI is InChI=1S/C19H19NO4S/c1-13(11-17-12-16-5-3-4-6-19(16)24-17)20-25(22,23)18-9-7-15(8-10-18)14(2)21/h3-10,12-13,20H,11H2,1-2H3/t13-/m0/s1. The second kappa shape index (κ2) is 6.82. The molecule has 0 spiro atoms. The Bertz CT molecular complexity index is 970. The molecule has 0 bridgehead atoms. The lowest BCUT2D eigenvalue weighted by atomic mass is 10.2. The van der Waals surface area contributed by atoms with Crippen LogP contribution in [0.1, 0.15) is 30.0 Å². The molecule has 0 aliphatic rings. The third-order valence-electron chi connectivity index (χ3n) is 3.91. The highest BCUT2D eigenvalue weighted by Crippen LogP contribution is 2.20. The van der Waals surface area contributed by atoms with E-state index in [0.29, 0.717) is 12.0 Å². The molecule has 1 heterocycles. The first kappa shape index (κ1) is 17.4. The Kier molecular flexibility index (Phi) is 4.74. The summed E-state index contributed by atoms with van der Waals surface area (Å²) in [6.45, 7) is 3.23. The number of fused-ring (bicyclic) bond motifs is 1. The van der Waals surface area contributed by atoms with E-state index in [4.69, 9.17) is 4.42 Å². The van der Waals surface area contributed by atoms with E-state index in [1.807, 2.05) is 30.3 Å². The number of carbonyl (C=O) groups is 1. The molecule has 0 saturated carbocycles. The Labute approximate surface area is 146 Å². The van der Waals surface area contributed by atoms with Crippen LogP contribution < -0.4 is 4.72 Å². The summed E-state index contributed by atoms with van der Waals surface area (Å²) in [6.07, 6.45) is 0.444. The van der Waals surface area contributed by atoms with Gasteiger partial charge >= 0.3 is 0 Å². The van der Waals surface area contributed by atoms with E-state index in [9.17, 15) is 13.2 Å². The minimum atomic E-state index is -3.66. The van der Waals surface area contributed by atoms with Crippen LogP contribution in [0.3, 0.4) is 0 Å². The number of hydrogen-bond acceptors (Lipinski definition) is 4. The first-order valence-corrected chi connectivity index (χ1v) is 9.44. The maximum atomic E-state index is 12.5. The van der Waals surface area contributed by atoms with Crippen LogP contribution in [-0.4, -0.2) is 20.2 Å². The number of ketones is 1. The second-order valence-electron chi connectivity index (χ2n) is 6.06. The summed E-state index contributed by atoms with van der Waals surface area (Å²) in [5.41, 5.74) is 1.27. The number of Topliss-reactive ketones (excluding diaryl/α,β-unsaturated/α-hetero) is 1. The van der Waals surface area contributed by atoms with Crippen LogP contribution in [0.4, 0.5) is 0 Å². The van der Waals surface area contributed by atoms with Crippen LogP contribution in [0.2, 0.25) is 0 Å². The van der Waals surface area contributed by atoms with Gasteiger partial charge in [0, 0.05) is 23.4 Å². The Morgan fingerprint density at radius 3 is 2.44 bits per heavy atom. The van der Waals surface area contributed by atoms with Gasteiger partial charge in [0.25, 0.3) is 0 Å². The molecule has 25 heavy (non-hydrogen) atoms. The normalized spacial score (nSPS) is 13.0. The molecule has 3 aromatic rings. The van der Waals surface area contributed by atoms with E-state index in [1.165, 1.54) is 31.2 Å². The van der Waals surface area contributed by atoms with Crippen molar-refractivity contribution in [3.63, 3.8) is 0 Å². The molecule has 0 amide bonds. The molecule has 0 unspecified atom stereocenters. The number of furan rings is 1. The van der Waals surface area contributed by atoms with E-state index in [1.54, 1.807) is 6.92 Å². The van der Waals surface area contributed by atoms with Crippen LogP contribution in [0, 0.1) is 0 Å². The topological polar surface area (TPSA) is 76.4 Å². The number of nitrogens with one attached hydrogen (secondary N) is 1. The predicted octanol–water partition coefficient (Wildman–Crippen LogP) is 3.54. The van der Waals surface area contributed by atoms with E-state index >= 15 is 0 Å². The minimum absolute atomic E-state index is 0.102. The van der Waals surface area contributed by atoms with Gasteiger partial charge < -0.3 is 4.42 Å². The highest BCUT2D eigenvalue weighted by atomic mass is 32.2. The van der Waals surface area contributed by atoms with Crippen molar-refractivity contribution in [2.24, 2.45) is 0 Å². The van der Waals surface area contributed by atoms with Crippen LogP contribution in [0.15, 0.2) is 63.9 Å². The molecule has 5 nitrogen and oxygen atoms in total. The molecule has 0 saturated heterocycles. The maximum Gasteiger partial charge on any atom is 0.240 e. The summed E-state index contributed by atoms with van der Waals surface area (Å²) in [5.74, 6) is 0.624. The smallest absolute Gasteiger partial charge is 0.240 e. The highest BCUT2D eigenvalue weighted by Gasteiger charge is 2.19. The molecule has 6 heteroatoms. The predicted molar refractivity (Wildman–Crippen MR) is 96.1 cm³/mol. The number of benzene rings is 2. The van der Waals surface area contributed by atoms with Crippen molar-refractivity contribution in [3.05, 3.63) is 65.9 Å². The maximum absolute atomic E-state index is 12.5. The summed E-state index contributed by atoms with van der Waals surface area (Å²) in [5, 5.41) is 0.993. The van der Waals surface area contributed by atoms with Crippen molar-refractivity contribution in [1.82, 2.24) is 4.72 Å². The monoisotopic (exact) mass is 357 g/mol. The summed E-state index contributed by atoms with van der Waals surface area (Å²) < 4.78 is 33.3. The van der Waals surface area contributed by atoms with Gasteiger partial charge in [0.2, 0.25) is 10.0 Å². The van der Waals surface area contributed by atoms with Gasteiger partial charge in [0.05, 0.1) is 4.90 Å². The SMILES string of the molecule is CC(=O)c1ccc(S(=O)(=O)N[C@@H](C)Cc2cc3ccccc3o2)cc1. The Hall–Kier alpha value is -2.44. The summed E-state index contributed by atoms with van der Waals surface area (Å²) in [4.78, 5) is 11.4. The summed E-state index contributed by atoms with van der Waals surface area (Å²) in [6, 6.07) is 15.1. The van der Waals surface area contributed by atoms with Crippen molar-refractivity contribution >= 4 is 26.8 Å². The van der Waals surface area contributed by atoms with Gasteiger partial charge in [-0.1, -0.05) is 30.3 Å². The number of sulfonamides is 1. The van der Waals surface area contributed by atoms with E-state index in [0.717, 1.165) is 16.7 Å². The van der Waals surface area contributed by atoms with Crippen molar-refractivity contribution < 1.29 is 17.6 Å². The first-order valence-electron chi connectivity index (χ1n) is 7.96. The molecule has 2 aromatic carbocycles. The van der Waals surface area contributed by atoms with E-state index in [2.05, 4.69) is 4.72 Å². The molecule has 130 valence electrons. The van der Waals surface area contributed by atoms with Gasteiger partial charge in [0.15, 0.2) is 5.78 Å². The van der Waals surface area contributed by atoms with Crippen LogP contribution in [-0.2, 0) is 16.4 Å². The first-order chi connectivity index (χ1) is 11.8. The van der Waals surface area contributed by atoms with Gasteiger partial charge in [-0.05, 0) is 38.1 Å². The van der Waals surface area contributed by atoms with E-state index < -0.39 is 10.0 Å². The molecule has 3 rings (SSSR count). The number of hydrogen-bond donors (Lipinski definition) is 1. The zero-order chi connectivity index (χ0) is 18.0. The minimum Gasteiger partial charge on any atom is -0.461 e. The zero-order valence-corrected chi connectivity index (χ0v) is 14.8. The second-order valence-corrected chi connectivity index (χ2v) is 7.77. The third kappa shape index (κ3) is 3.97. The molecular weight excluding hydrogens is 338 g/mol. The van der Waals surface area contributed by atoms with E-state index in [-0.39, 0.29) is 16.7 Å². The van der Waals surface area contributed by atoms with Crippen LogP contribution >= 0.6 is 0 Å².